The Bertz CT molecular complexity index is 484. The van der Waals surface area contributed by atoms with Gasteiger partial charge in [0.1, 0.15) is 0 Å². The fourth-order valence-corrected chi connectivity index (χ4v) is 1.74. The van der Waals surface area contributed by atoms with Crippen LogP contribution in [0.2, 0.25) is 0 Å². The number of benzene rings is 1. The molecule has 0 unspecified atom stereocenters. The number of rotatable bonds is 7. The van der Waals surface area contributed by atoms with Crippen LogP contribution in [0.3, 0.4) is 0 Å². The van der Waals surface area contributed by atoms with Crippen LogP contribution in [0, 0.1) is 12.8 Å². The molecule has 1 rings (SSSR count). The van der Waals surface area contributed by atoms with Gasteiger partial charge in [0, 0.05) is 25.2 Å². The second kappa shape index (κ2) is 7.53. The summed E-state index contributed by atoms with van der Waals surface area (Å²) >= 11 is 0. The molecule has 110 valence electrons. The minimum absolute atomic E-state index is 0.0186. The maximum absolute atomic E-state index is 11.5. The summed E-state index contributed by atoms with van der Waals surface area (Å²) < 4.78 is 0. The van der Waals surface area contributed by atoms with Gasteiger partial charge in [-0.05, 0) is 36.6 Å². The van der Waals surface area contributed by atoms with Crippen molar-refractivity contribution in [1.29, 1.82) is 0 Å². The number of nitrogens with one attached hydrogen (secondary N) is 2. The van der Waals surface area contributed by atoms with Crippen molar-refractivity contribution in [2.24, 2.45) is 5.92 Å². The van der Waals surface area contributed by atoms with E-state index >= 15 is 0 Å². The van der Waals surface area contributed by atoms with Gasteiger partial charge in [-0.15, -0.1) is 0 Å². The van der Waals surface area contributed by atoms with E-state index in [0.29, 0.717) is 36.6 Å². The number of aromatic carboxylic acids is 1. The first-order valence-corrected chi connectivity index (χ1v) is 6.74. The third kappa shape index (κ3) is 5.30. The molecule has 0 aliphatic rings. The summed E-state index contributed by atoms with van der Waals surface area (Å²) in [5.41, 5.74) is 1.82. The summed E-state index contributed by atoms with van der Waals surface area (Å²) in [6.45, 7) is 7.06. The van der Waals surface area contributed by atoms with Crippen LogP contribution in [0.1, 0.15) is 36.2 Å². The average Bonchev–Trinajstić information content (AvgIpc) is 2.36. The van der Waals surface area contributed by atoms with Crippen LogP contribution in [-0.4, -0.2) is 30.1 Å². The van der Waals surface area contributed by atoms with Crippen LogP contribution >= 0.6 is 0 Å². The molecular weight excluding hydrogens is 256 g/mol. The molecule has 5 nitrogen and oxygen atoms in total. The van der Waals surface area contributed by atoms with Gasteiger partial charge in [-0.3, -0.25) is 4.79 Å². The zero-order chi connectivity index (χ0) is 15.1. The summed E-state index contributed by atoms with van der Waals surface area (Å²) in [4.78, 5) is 22.4. The van der Waals surface area contributed by atoms with Gasteiger partial charge in [0.2, 0.25) is 5.91 Å². The normalized spacial score (nSPS) is 10.4. The second-order valence-electron chi connectivity index (χ2n) is 5.21. The van der Waals surface area contributed by atoms with E-state index in [1.807, 2.05) is 13.8 Å². The Hall–Kier alpha value is -2.04. The topological polar surface area (TPSA) is 78.4 Å². The summed E-state index contributed by atoms with van der Waals surface area (Å²) in [7, 11) is 0. The summed E-state index contributed by atoms with van der Waals surface area (Å²) in [5, 5.41) is 14.9. The smallest absolute Gasteiger partial charge is 0.335 e. The molecule has 0 bridgehead atoms. The first-order valence-electron chi connectivity index (χ1n) is 6.74. The van der Waals surface area contributed by atoms with E-state index in [1.54, 1.807) is 25.1 Å². The molecule has 1 aromatic carbocycles. The lowest BCUT2D eigenvalue weighted by Crippen LogP contribution is -2.28. The Morgan fingerprint density at radius 3 is 2.55 bits per heavy atom. The van der Waals surface area contributed by atoms with E-state index in [9.17, 15) is 9.59 Å². The van der Waals surface area contributed by atoms with Gasteiger partial charge < -0.3 is 15.7 Å². The zero-order valence-electron chi connectivity index (χ0n) is 12.2. The molecule has 0 aromatic heterocycles. The molecule has 0 radical (unpaired) electrons. The van der Waals surface area contributed by atoms with Gasteiger partial charge in [-0.1, -0.05) is 13.8 Å². The Kier molecular flexibility index (Phi) is 6.03. The molecule has 0 saturated heterocycles. The molecule has 0 atom stereocenters. The molecule has 0 aliphatic heterocycles. The summed E-state index contributed by atoms with van der Waals surface area (Å²) in [6, 6.07) is 5.05. The van der Waals surface area contributed by atoms with Crippen LogP contribution in [0.4, 0.5) is 5.69 Å². The van der Waals surface area contributed by atoms with E-state index in [0.717, 1.165) is 5.69 Å². The largest absolute Gasteiger partial charge is 0.478 e. The number of carbonyl (C=O) groups excluding carboxylic acids is 1. The maximum atomic E-state index is 11.5. The monoisotopic (exact) mass is 278 g/mol. The van der Waals surface area contributed by atoms with Crippen molar-refractivity contribution < 1.29 is 14.7 Å². The predicted molar refractivity (Wildman–Crippen MR) is 79.1 cm³/mol. The first-order chi connectivity index (χ1) is 9.40. The van der Waals surface area contributed by atoms with Gasteiger partial charge in [0.05, 0.1) is 5.56 Å². The minimum Gasteiger partial charge on any atom is -0.478 e. The van der Waals surface area contributed by atoms with Crippen molar-refractivity contribution in [3.05, 3.63) is 29.3 Å². The molecule has 0 saturated carbocycles. The predicted octanol–water partition coefficient (Wildman–Crippen LogP) is 2.27. The average molecular weight is 278 g/mol. The lowest BCUT2D eigenvalue weighted by molar-refractivity contribution is -0.120. The molecule has 20 heavy (non-hydrogen) atoms. The Morgan fingerprint density at radius 1 is 1.30 bits per heavy atom. The number of carboxylic acid groups (broad SMARTS) is 1. The Balaban J connectivity index is 2.41. The second-order valence-corrected chi connectivity index (χ2v) is 5.21. The van der Waals surface area contributed by atoms with Gasteiger partial charge in [0.15, 0.2) is 0 Å². The van der Waals surface area contributed by atoms with Gasteiger partial charge >= 0.3 is 5.97 Å². The molecule has 1 amide bonds. The highest BCUT2D eigenvalue weighted by Crippen LogP contribution is 2.15. The highest BCUT2D eigenvalue weighted by atomic mass is 16.4. The van der Waals surface area contributed by atoms with Gasteiger partial charge in [-0.25, -0.2) is 4.79 Å². The summed E-state index contributed by atoms with van der Waals surface area (Å²) in [5.74, 6) is -0.467. The number of amides is 1. The van der Waals surface area contributed by atoms with Crippen molar-refractivity contribution in [2.45, 2.75) is 27.2 Å². The quantitative estimate of drug-likeness (QED) is 0.715. The van der Waals surface area contributed by atoms with Crippen molar-refractivity contribution in [3.63, 3.8) is 0 Å². The molecule has 5 heteroatoms. The number of anilines is 1. The fourth-order valence-electron chi connectivity index (χ4n) is 1.74. The number of hydrogen-bond acceptors (Lipinski definition) is 3. The van der Waals surface area contributed by atoms with E-state index in [1.165, 1.54) is 0 Å². The van der Waals surface area contributed by atoms with Gasteiger partial charge in [-0.2, -0.15) is 0 Å². The number of aryl methyl sites for hydroxylation is 1. The van der Waals surface area contributed by atoms with Crippen molar-refractivity contribution in [3.8, 4) is 0 Å². The van der Waals surface area contributed by atoms with Gasteiger partial charge in [0.25, 0.3) is 0 Å². The van der Waals surface area contributed by atoms with Crippen LogP contribution < -0.4 is 10.6 Å². The van der Waals surface area contributed by atoms with Crippen LogP contribution in [0.25, 0.3) is 0 Å². The van der Waals surface area contributed by atoms with Crippen LogP contribution in [-0.2, 0) is 4.79 Å². The third-order valence-corrected chi connectivity index (χ3v) is 2.85. The molecular formula is C15H22N2O3. The number of hydrogen-bond donors (Lipinski definition) is 3. The number of carboxylic acids is 1. The van der Waals surface area contributed by atoms with E-state index < -0.39 is 5.97 Å². The van der Waals surface area contributed by atoms with E-state index in [2.05, 4.69) is 10.6 Å². The van der Waals surface area contributed by atoms with E-state index in [-0.39, 0.29) is 5.91 Å². The van der Waals surface area contributed by atoms with Crippen LogP contribution in [0.5, 0.6) is 0 Å². The van der Waals surface area contributed by atoms with Crippen molar-refractivity contribution >= 4 is 17.6 Å². The fraction of sp³-hybridized carbons (Fsp3) is 0.467. The number of carbonyl (C=O) groups is 2. The molecule has 0 aliphatic carbocycles. The molecule has 0 spiro atoms. The highest BCUT2D eigenvalue weighted by molar-refractivity contribution is 5.89. The van der Waals surface area contributed by atoms with Crippen molar-refractivity contribution in [1.82, 2.24) is 5.32 Å². The first kappa shape index (κ1) is 16.0. The summed E-state index contributed by atoms with van der Waals surface area (Å²) in [6.07, 6.45) is 0.395. The lowest BCUT2D eigenvalue weighted by Gasteiger charge is -2.10. The zero-order valence-corrected chi connectivity index (χ0v) is 12.2. The Morgan fingerprint density at radius 2 is 2.00 bits per heavy atom. The molecule has 1 aromatic rings. The molecule has 3 N–H and O–H groups in total. The molecule has 0 fully saturated rings. The Labute approximate surface area is 119 Å². The standard InChI is InChI=1S/C15H22N2O3/c1-10(2)9-17-14(18)6-7-16-12-4-5-13(15(19)20)11(3)8-12/h4-5,8,10,16H,6-7,9H2,1-3H3,(H,17,18)(H,19,20). The van der Waals surface area contributed by atoms with E-state index in [4.69, 9.17) is 5.11 Å². The van der Waals surface area contributed by atoms with Crippen LogP contribution in [0.15, 0.2) is 18.2 Å². The SMILES string of the molecule is Cc1cc(NCCC(=O)NCC(C)C)ccc1C(=O)O. The minimum atomic E-state index is -0.929. The van der Waals surface area contributed by atoms with Crippen molar-refractivity contribution in [2.75, 3.05) is 18.4 Å². The maximum Gasteiger partial charge on any atom is 0.335 e. The lowest BCUT2D eigenvalue weighted by atomic mass is 10.1. The third-order valence-electron chi connectivity index (χ3n) is 2.85. The highest BCUT2D eigenvalue weighted by Gasteiger charge is 2.07. The molecule has 0 heterocycles.